The van der Waals surface area contributed by atoms with Gasteiger partial charge in [-0.05, 0) is 41.8 Å². The number of nitrogens with zero attached hydrogens (tertiary/aromatic N) is 1. The van der Waals surface area contributed by atoms with E-state index in [-0.39, 0.29) is 11.3 Å². The summed E-state index contributed by atoms with van der Waals surface area (Å²) in [4.78, 5) is 5.03. The van der Waals surface area contributed by atoms with Crippen LogP contribution in [0.3, 0.4) is 0 Å². The van der Waals surface area contributed by atoms with Crippen molar-refractivity contribution in [3.8, 4) is 0 Å². The lowest BCUT2D eigenvalue weighted by Crippen LogP contribution is -2.36. The third-order valence-corrected chi connectivity index (χ3v) is 9.03. The van der Waals surface area contributed by atoms with E-state index in [4.69, 9.17) is 4.98 Å². The summed E-state index contributed by atoms with van der Waals surface area (Å²) in [6.07, 6.45) is 0.671. The molecule has 0 spiro atoms. The molecular formula is C22H18N2O2S3. The van der Waals surface area contributed by atoms with Gasteiger partial charge in [-0.25, -0.2) is 18.1 Å². The molecule has 4 nitrogen and oxygen atoms in total. The molecule has 0 radical (unpaired) electrons. The van der Waals surface area contributed by atoms with Gasteiger partial charge >= 0.3 is 0 Å². The Kier molecular flexibility index (Phi) is 4.91. The first-order valence-electron chi connectivity index (χ1n) is 9.27. The van der Waals surface area contributed by atoms with Crippen LogP contribution in [0, 0.1) is 0 Å². The van der Waals surface area contributed by atoms with Gasteiger partial charge in [0.15, 0.2) is 4.34 Å². The Morgan fingerprint density at radius 2 is 1.66 bits per heavy atom. The van der Waals surface area contributed by atoms with Gasteiger partial charge in [-0.15, -0.1) is 11.3 Å². The molecule has 1 heterocycles. The van der Waals surface area contributed by atoms with Crippen LogP contribution in [0.1, 0.15) is 16.4 Å². The number of thioether (sulfide) groups is 1. The third kappa shape index (κ3) is 3.71. The van der Waals surface area contributed by atoms with Crippen LogP contribution in [0.15, 0.2) is 88.1 Å². The molecular weight excluding hydrogens is 420 g/mol. The first kappa shape index (κ1) is 18.8. The van der Waals surface area contributed by atoms with Gasteiger partial charge in [0.2, 0.25) is 10.0 Å². The van der Waals surface area contributed by atoms with Crippen LogP contribution < -0.4 is 4.72 Å². The summed E-state index contributed by atoms with van der Waals surface area (Å²) >= 11 is 3.29. The molecule has 5 rings (SSSR count). The summed E-state index contributed by atoms with van der Waals surface area (Å²) in [5, 5.41) is -0.0229. The second-order valence-corrected chi connectivity index (χ2v) is 11.1. The molecule has 29 heavy (non-hydrogen) atoms. The fourth-order valence-electron chi connectivity index (χ4n) is 3.68. The van der Waals surface area contributed by atoms with E-state index < -0.39 is 10.0 Å². The average molecular weight is 439 g/mol. The SMILES string of the molecule is O=S(=O)(N[C@@H]1Cc2ccccc2[C@H]1Sc1nc2ccccc2s1)c1ccccc1. The van der Waals surface area contributed by atoms with Gasteiger partial charge in [-0.3, -0.25) is 0 Å². The number of thiazole rings is 1. The van der Waals surface area contributed by atoms with E-state index in [0.29, 0.717) is 11.3 Å². The van der Waals surface area contributed by atoms with Crippen molar-refractivity contribution in [2.75, 3.05) is 0 Å². The predicted octanol–water partition coefficient (Wildman–Crippen LogP) is 5.03. The molecule has 0 amide bonds. The number of nitrogens with one attached hydrogen (secondary N) is 1. The maximum Gasteiger partial charge on any atom is 0.240 e. The summed E-state index contributed by atoms with van der Waals surface area (Å²) in [5.74, 6) is 0. The Bertz CT molecular complexity index is 1240. The van der Waals surface area contributed by atoms with Crippen molar-refractivity contribution in [2.24, 2.45) is 0 Å². The molecule has 1 aromatic heterocycles. The highest BCUT2D eigenvalue weighted by Crippen LogP contribution is 2.46. The van der Waals surface area contributed by atoms with Gasteiger partial charge in [-0.2, -0.15) is 0 Å². The minimum absolute atomic E-state index is 0.0229. The molecule has 146 valence electrons. The summed E-state index contributed by atoms with van der Waals surface area (Å²) < 4.78 is 30.9. The Hall–Kier alpha value is -2.19. The van der Waals surface area contributed by atoms with Crippen LogP contribution in [-0.2, 0) is 16.4 Å². The van der Waals surface area contributed by atoms with Crippen molar-refractivity contribution in [3.05, 3.63) is 90.0 Å². The van der Waals surface area contributed by atoms with Crippen molar-refractivity contribution in [2.45, 2.75) is 26.9 Å². The van der Waals surface area contributed by atoms with Crippen molar-refractivity contribution in [1.29, 1.82) is 0 Å². The Balaban J connectivity index is 1.48. The number of rotatable bonds is 5. The molecule has 1 N–H and O–H groups in total. The summed E-state index contributed by atoms with van der Waals surface area (Å²) in [5.41, 5.74) is 3.34. The van der Waals surface area contributed by atoms with Gasteiger partial charge in [-0.1, -0.05) is 66.4 Å². The van der Waals surface area contributed by atoms with E-state index in [1.165, 1.54) is 11.1 Å². The predicted molar refractivity (Wildman–Crippen MR) is 119 cm³/mol. The normalized spacial score (nSPS) is 18.8. The van der Waals surface area contributed by atoms with Crippen LogP contribution in [0.2, 0.25) is 0 Å². The maximum atomic E-state index is 12.9. The van der Waals surface area contributed by atoms with Gasteiger partial charge in [0.05, 0.1) is 20.4 Å². The van der Waals surface area contributed by atoms with Crippen LogP contribution >= 0.6 is 23.1 Å². The van der Waals surface area contributed by atoms with Crippen LogP contribution in [0.25, 0.3) is 10.2 Å². The standard InChI is InChI=1S/C22H18N2O2S3/c25-29(26,16-9-2-1-3-10-16)24-19-14-15-8-4-5-11-17(15)21(19)28-22-23-18-12-6-7-13-20(18)27-22/h1-13,19,21,24H,14H2/t19-,21-/m1/s1. The molecule has 1 aliphatic carbocycles. The summed E-state index contributed by atoms with van der Waals surface area (Å²) in [6, 6.07) is 24.6. The number of para-hydroxylation sites is 1. The van der Waals surface area contributed by atoms with E-state index in [1.54, 1.807) is 47.4 Å². The summed E-state index contributed by atoms with van der Waals surface area (Å²) in [6.45, 7) is 0. The smallest absolute Gasteiger partial charge is 0.230 e. The number of fused-ring (bicyclic) bond motifs is 2. The number of sulfonamides is 1. The monoisotopic (exact) mass is 438 g/mol. The number of hydrogen-bond acceptors (Lipinski definition) is 5. The van der Waals surface area contributed by atoms with Crippen LogP contribution in [0.4, 0.5) is 0 Å². The molecule has 0 fully saturated rings. The first-order valence-corrected chi connectivity index (χ1v) is 12.5. The lowest BCUT2D eigenvalue weighted by molar-refractivity contribution is 0.553. The number of hydrogen-bond donors (Lipinski definition) is 1. The Morgan fingerprint density at radius 1 is 0.931 bits per heavy atom. The zero-order valence-electron chi connectivity index (χ0n) is 15.4. The molecule has 0 aliphatic heterocycles. The molecule has 0 saturated heterocycles. The zero-order valence-corrected chi connectivity index (χ0v) is 17.8. The van der Waals surface area contributed by atoms with E-state index in [2.05, 4.69) is 22.9 Å². The van der Waals surface area contributed by atoms with Gasteiger partial charge in [0.25, 0.3) is 0 Å². The van der Waals surface area contributed by atoms with E-state index in [1.807, 2.05) is 36.4 Å². The third-order valence-electron chi connectivity index (χ3n) is 5.03. The van der Waals surface area contributed by atoms with Gasteiger partial charge in [0.1, 0.15) is 0 Å². The average Bonchev–Trinajstić information content (AvgIpc) is 3.29. The van der Waals surface area contributed by atoms with Crippen molar-refractivity contribution >= 4 is 43.3 Å². The van der Waals surface area contributed by atoms with E-state index >= 15 is 0 Å². The fourth-order valence-corrected chi connectivity index (χ4v) is 7.56. The largest absolute Gasteiger partial charge is 0.240 e. The Labute approximate surface area is 178 Å². The van der Waals surface area contributed by atoms with Gasteiger partial charge < -0.3 is 0 Å². The van der Waals surface area contributed by atoms with Crippen LogP contribution in [0.5, 0.6) is 0 Å². The minimum Gasteiger partial charge on any atom is -0.230 e. The number of benzene rings is 3. The molecule has 3 aromatic carbocycles. The van der Waals surface area contributed by atoms with Gasteiger partial charge in [0, 0.05) is 6.04 Å². The van der Waals surface area contributed by atoms with E-state index in [0.717, 1.165) is 14.6 Å². The Morgan fingerprint density at radius 3 is 2.48 bits per heavy atom. The zero-order chi connectivity index (χ0) is 19.8. The van der Waals surface area contributed by atoms with E-state index in [9.17, 15) is 8.42 Å². The molecule has 1 aliphatic rings. The minimum atomic E-state index is -3.59. The van der Waals surface area contributed by atoms with Crippen LogP contribution in [-0.4, -0.2) is 19.4 Å². The maximum absolute atomic E-state index is 12.9. The highest BCUT2D eigenvalue weighted by molar-refractivity contribution is 8.01. The molecule has 0 unspecified atom stereocenters. The van der Waals surface area contributed by atoms with Crippen molar-refractivity contribution < 1.29 is 8.42 Å². The molecule has 0 bridgehead atoms. The fraction of sp³-hybridized carbons (Fsp3) is 0.136. The molecule has 7 heteroatoms. The molecule has 0 saturated carbocycles. The number of aromatic nitrogens is 1. The van der Waals surface area contributed by atoms with Crippen molar-refractivity contribution in [1.82, 2.24) is 9.71 Å². The first-order chi connectivity index (χ1) is 14.1. The molecule has 4 aromatic rings. The lowest BCUT2D eigenvalue weighted by Gasteiger charge is -2.20. The second kappa shape index (κ2) is 7.57. The quantitative estimate of drug-likeness (QED) is 0.475. The van der Waals surface area contributed by atoms with Crippen molar-refractivity contribution in [3.63, 3.8) is 0 Å². The highest BCUT2D eigenvalue weighted by atomic mass is 32.2. The lowest BCUT2D eigenvalue weighted by atomic mass is 10.1. The molecule has 2 atom stereocenters. The second-order valence-electron chi connectivity index (χ2n) is 6.93. The summed E-state index contributed by atoms with van der Waals surface area (Å²) in [7, 11) is -3.59. The highest BCUT2D eigenvalue weighted by Gasteiger charge is 2.36. The topological polar surface area (TPSA) is 59.1 Å².